The van der Waals surface area contributed by atoms with E-state index in [2.05, 4.69) is 10.6 Å². The van der Waals surface area contributed by atoms with Crippen LogP contribution in [-0.2, 0) is 9.59 Å². The predicted octanol–water partition coefficient (Wildman–Crippen LogP) is 2.46. The highest BCUT2D eigenvalue weighted by atomic mass is 19.1. The monoisotopic (exact) mass is 278 g/mol. The molecule has 1 fully saturated rings. The van der Waals surface area contributed by atoms with E-state index < -0.39 is 11.2 Å². The van der Waals surface area contributed by atoms with Gasteiger partial charge in [-0.05, 0) is 51.8 Å². The minimum absolute atomic E-state index is 0.265. The zero-order valence-corrected chi connectivity index (χ0v) is 11.9. The second-order valence-corrected chi connectivity index (χ2v) is 6.25. The van der Waals surface area contributed by atoms with Crippen LogP contribution in [0.1, 0.15) is 33.6 Å². The molecule has 0 saturated heterocycles. The van der Waals surface area contributed by atoms with Crippen molar-refractivity contribution in [2.75, 3.05) is 5.32 Å². The van der Waals surface area contributed by atoms with Gasteiger partial charge in [0.05, 0.1) is 0 Å². The van der Waals surface area contributed by atoms with Crippen LogP contribution in [0.4, 0.5) is 10.1 Å². The molecule has 0 unspecified atom stereocenters. The van der Waals surface area contributed by atoms with E-state index in [4.69, 9.17) is 0 Å². The molecule has 1 aliphatic rings. The molecule has 0 aliphatic heterocycles. The summed E-state index contributed by atoms with van der Waals surface area (Å²) < 4.78 is 13.1. The molecule has 0 aromatic heterocycles. The Balaban J connectivity index is 2.07. The van der Waals surface area contributed by atoms with E-state index in [-0.39, 0.29) is 17.4 Å². The van der Waals surface area contributed by atoms with Crippen molar-refractivity contribution in [3.63, 3.8) is 0 Å². The number of carbonyl (C=O) groups is 2. The molecule has 1 aliphatic carbocycles. The molecule has 1 saturated carbocycles. The first-order chi connectivity index (χ1) is 9.23. The summed E-state index contributed by atoms with van der Waals surface area (Å²) in [7, 11) is 0. The zero-order chi connectivity index (χ0) is 15.0. The Morgan fingerprint density at radius 2 is 1.85 bits per heavy atom. The van der Waals surface area contributed by atoms with Gasteiger partial charge in [0.25, 0.3) is 0 Å². The van der Waals surface area contributed by atoms with Gasteiger partial charge in [-0.1, -0.05) is 6.07 Å². The number of hydrogen-bond acceptors (Lipinski definition) is 2. The maximum absolute atomic E-state index is 13.1. The minimum atomic E-state index is -1.00. The van der Waals surface area contributed by atoms with E-state index in [1.165, 1.54) is 18.2 Å². The van der Waals surface area contributed by atoms with Crippen LogP contribution in [0.5, 0.6) is 0 Å². The molecule has 1 aromatic rings. The highest BCUT2D eigenvalue weighted by Crippen LogP contribution is 2.47. The first-order valence-corrected chi connectivity index (χ1v) is 6.63. The summed E-state index contributed by atoms with van der Waals surface area (Å²) >= 11 is 0. The van der Waals surface area contributed by atoms with E-state index in [0.29, 0.717) is 18.5 Å². The van der Waals surface area contributed by atoms with E-state index in [1.807, 2.05) is 20.8 Å². The topological polar surface area (TPSA) is 58.2 Å². The van der Waals surface area contributed by atoms with Crippen molar-refractivity contribution >= 4 is 17.5 Å². The molecule has 2 rings (SSSR count). The molecular formula is C15H19FN2O2. The molecule has 0 bridgehead atoms. The molecule has 0 spiro atoms. The lowest BCUT2D eigenvalue weighted by Gasteiger charge is -2.24. The Labute approximate surface area is 117 Å². The van der Waals surface area contributed by atoms with Crippen LogP contribution >= 0.6 is 0 Å². The lowest BCUT2D eigenvalue weighted by molar-refractivity contribution is -0.135. The Morgan fingerprint density at radius 1 is 1.20 bits per heavy atom. The number of nitrogens with one attached hydrogen (secondary N) is 2. The van der Waals surface area contributed by atoms with Gasteiger partial charge < -0.3 is 10.6 Å². The van der Waals surface area contributed by atoms with E-state index in [9.17, 15) is 14.0 Å². The van der Waals surface area contributed by atoms with Crippen LogP contribution in [-0.4, -0.2) is 17.4 Å². The Morgan fingerprint density at radius 3 is 2.35 bits per heavy atom. The maximum Gasteiger partial charge on any atom is 0.240 e. The van der Waals surface area contributed by atoms with Crippen LogP contribution in [0.2, 0.25) is 0 Å². The Bertz CT molecular complexity index is 545. The fourth-order valence-electron chi connectivity index (χ4n) is 1.96. The van der Waals surface area contributed by atoms with Gasteiger partial charge in [-0.15, -0.1) is 0 Å². The summed E-state index contributed by atoms with van der Waals surface area (Å²) in [5, 5.41) is 5.44. The van der Waals surface area contributed by atoms with E-state index in [1.54, 1.807) is 6.07 Å². The second kappa shape index (κ2) is 4.89. The van der Waals surface area contributed by atoms with Gasteiger partial charge in [0.2, 0.25) is 11.8 Å². The van der Waals surface area contributed by atoms with Crippen molar-refractivity contribution in [2.24, 2.45) is 5.41 Å². The molecule has 0 heterocycles. The third-order valence-electron chi connectivity index (χ3n) is 3.19. The van der Waals surface area contributed by atoms with Gasteiger partial charge in [0, 0.05) is 11.2 Å². The van der Waals surface area contributed by atoms with Crippen molar-refractivity contribution in [1.29, 1.82) is 0 Å². The minimum Gasteiger partial charge on any atom is -0.351 e. The number of rotatable bonds is 3. The number of benzene rings is 1. The summed E-state index contributed by atoms with van der Waals surface area (Å²) in [5.74, 6) is -1.06. The maximum atomic E-state index is 13.1. The number of carbonyl (C=O) groups excluding carboxylic acids is 2. The zero-order valence-electron chi connectivity index (χ0n) is 11.9. The highest BCUT2D eigenvalue weighted by Gasteiger charge is 2.57. The summed E-state index contributed by atoms with van der Waals surface area (Å²) in [6, 6.07) is 5.64. The lowest BCUT2D eigenvalue weighted by Crippen LogP contribution is -2.48. The molecule has 0 atom stereocenters. The van der Waals surface area contributed by atoms with Crippen LogP contribution in [0, 0.1) is 11.2 Å². The largest absolute Gasteiger partial charge is 0.351 e. The van der Waals surface area contributed by atoms with E-state index in [0.717, 1.165) is 0 Å². The van der Waals surface area contributed by atoms with Gasteiger partial charge >= 0.3 is 0 Å². The van der Waals surface area contributed by atoms with Gasteiger partial charge in [0.15, 0.2) is 0 Å². The van der Waals surface area contributed by atoms with Crippen LogP contribution in [0.3, 0.4) is 0 Å². The van der Waals surface area contributed by atoms with Gasteiger partial charge in [-0.25, -0.2) is 4.39 Å². The summed E-state index contributed by atoms with van der Waals surface area (Å²) in [4.78, 5) is 24.4. The van der Waals surface area contributed by atoms with Crippen molar-refractivity contribution in [3.05, 3.63) is 30.1 Å². The van der Waals surface area contributed by atoms with Crippen molar-refractivity contribution in [2.45, 2.75) is 39.2 Å². The van der Waals surface area contributed by atoms with Crippen LogP contribution in [0.25, 0.3) is 0 Å². The van der Waals surface area contributed by atoms with Crippen molar-refractivity contribution < 1.29 is 14.0 Å². The smallest absolute Gasteiger partial charge is 0.240 e. The molecule has 20 heavy (non-hydrogen) atoms. The summed E-state index contributed by atoms with van der Waals surface area (Å²) in [6.07, 6.45) is 1.05. The molecule has 4 nitrogen and oxygen atoms in total. The fourth-order valence-corrected chi connectivity index (χ4v) is 1.96. The number of hydrogen-bond donors (Lipinski definition) is 2. The van der Waals surface area contributed by atoms with Crippen LogP contribution in [0.15, 0.2) is 24.3 Å². The number of anilines is 1. The third-order valence-corrected chi connectivity index (χ3v) is 3.19. The molecule has 5 heteroatoms. The van der Waals surface area contributed by atoms with Crippen molar-refractivity contribution in [1.82, 2.24) is 5.32 Å². The second-order valence-electron chi connectivity index (χ2n) is 6.25. The molecule has 108 valence electrons. The van der Waals surface area contributed by atoms with Gasteiger partial charge in [-0.3, -0.25) is 9.59 Å². The molecule has 0 radical (unpaired) electrons. The SMILES string of the molecule is CC(C)(C)NC(=O)C1(C(=O)Nc2cccc(F)c2)CC1. The quantitative estimate of drug-likeness (QED) is 0.834. The van der Waals surface area contributed by atoms with Gasteiger partial charge in [0.1, 0.15) is 11.2 Å². The standard InChI is InChI=1S/C15H19FN2O2/c1-14(2,3)18-13(20)15(7-8-15)12(19)17-11-6-4-5-10(16)9-11/h4-6,9H,7-8H2,1-3H3,(H,17,19)(H,18,20). The Kier molecular flexibility index (Phi) is 3.54. The first kappa shape index (κ1) is 14.5. The Hall–Kier alpha value is -1.91. The number of halogens is 1. The average molecular weight is 278 g/mol. The average Bonchev–Trinajstić information content (AvgIpc) is 3.07. The molecule has 2 amide bonds. The first-order valence-electron chi connectivity index (χ1n) is 6.63. The molecule has 2 N–H and O–H groups in total. The highest BCUT2D eigenvalue weighted by molar-refractivity contribution is 6.13. The summed E-state index contributed by atoms with van der Waals surface area (Å²) in [5.41, 5.74) is -1.02. The number of amides is 2. The molecule has 1 aromatic carbocycles. The fraction of sp³-hybridized carbons (Fsp3) is 0.467. The molecular weight excluding hydrogens is 259 g/mol. The normalized spacial score (nSPS) is 16.4. The lowest BCUT2D eigenvalue weighted by atomic mass is 10.0. The van der Waals surface area contributed by atoms with Crippen molar-refractivity contribution in [3.8, 4) is 0 Å². The summed E-state index contributed by atoms with van der Waals surface area (Å²) in [6.45, 7) is 5.60. The van der Waals surface area contributed by atoms with Crippen LogP contribution < -0.4 is 10.6 Å². The third kappa shape index (κ3) is 3.15. The van der Waals surface area contributed by atoms with E-state index >= 15 is 0 Å². The predicted molar refractivity (Wildman–Crippen MR) is 74.6 cm³/mol. The van der Waals surface area contributed by atoms with Gasteiger partial charge in [-0.2, -0.15) is 0 Å².